The van der Waals surface area contributed by atoms with Crippen LogP contribution in [0.1, 0.15) is 27.2 Å². The molecule has 0 aromatic heterocycles. The SMILES string of the molecule is C=C(C)C(=O)OC1CCOC(OC(=O)C(=C)C)C1OC(=O)C(=C)C. The Morgan fingerprint density at radius 3 is 1.79 bits per heavy atom. The highest BCUT2D eigenvalue weighted by molar-refractivity contribution is 5.88. The Bertz CT molecular complexity index is 539. The third-order valence-electron chi connectivity index (χ3n) is 3.09. The van der Waals surface area contributed by atoms with E-state index in [1.807, 2.05) is 0 Å². The molecule has 1 heterocycles. The molecule has 3 atom stereocenters. The van der Waals surface area contributed by atoms with E-state index in [0.29, 0.717) is 0 Å². The normalized spacial score (nSPS) is 22.9. The predicted octanol–water partition coefficient (Wildman–Crippen LogP) is 1.83. The van der Waals surface area contributed by atoms with E-state index in [1.54, 1.807) is 0 Å². The lowest BCUT2D eigenvalue weighted by molar-refractivity contribution is -0.247. The molecule has 1 fully saturated rings. The van der Waals surface area contributed by atoms with Gasteiger partial charge in [-0.1, -0.05) is 19.7 Å². The van der Waals surface area contributed by atoms with Crippen LogP contribution in [-0.4, -0.2) is 43.0 Å². The molecule has 3 unspecified atom stereocenters. The van der Waals surface area contributed by atoms with E-state index in [9.17, 15) is 14.4 Å². The van der Waals surface area contributed by atoms with E-state index in [-0.39, 0.29) is 29.7 Å². The summed E-state index contributed by atoms with van der Waals surface area (Å²) in [6.45, 7) is 15.1. The molecule has 1 aliphatic heterocycles. The molecule has 0 aromatic rings. The third kappa shape index (κ3) is 5.34. The van der Waals surface area contributed by atoms with Crippen LogP contribution < -0.4 is 0 Å². The van der Waals surface area contributed by atoms with Crippen molar-refractivity contribution in [3.8, 4) is 0 Å². The standard InChI is InChI=1S/C17H22O7/c1-9(2)14(18)22-12-7-8-21-17(24-16(20)11(5)6)13(12)23-15(19)10(3)4/h12-13,17H,1,3,5,7-8H2,2,4,6H3. The first-order valence-electron chi connectivity index (χ1n) is 7.34. The number of hydrogen-bond acceptors (Lipinski definition) is 7. The molecule has 7 nitrogen and oxygen atoms in total. The molecule has 0 N–H and O–H groups in total. The quantitative estimate of drug-likeness (QED) is 0.415. The number of esters is 3. The van der Waals surface area contributed by atoms with Crippen molar-refractivity contribution < 1.29 is 33.3 Å². The van der Waals surface area contributed by atoms with Crippen LogP contribution in [-0.2, 0) is 33.3 Å². The van der Waals surface area contributed by atoms with Crippen LogP contribution >= 0.6 is 0 Å². The Morgan fingerprint density at radius 2 is 1.29 bits per heavy atom. The maximum absolute atomic E-state index is 11.8. The van der Waals surface area contributed by atoms with Gasteiger partial charge in [0, 0.05) is 23.1 Å². The van der Waals surface area contributed by atoms with Crippen LogP contribution in [0.3, 0.4) is 0 Å². The second kappa shape index (κ2) is 8.44. The summed E-state index contributed by atoms with van der Waals surface area (Å²) in [4.78, 5) is 35.4. The van der Waals surface area contributed by atoms with Gasteiger partial charge in [-0.05, 0) is 20.8 Å². The van der Waals surface area contributed by atoms with Crippen LogP contribution in [0.5, 0.6) is 0 Å². The number of ether oxygens (including phenoxy) is 4. The lowest BCUT2D eigenvalue weighted by atomic mass is 10.1. The molecule has 0 radical (unpaired) electrons. The van der Waals surface area contributed by atoms with Crippen molar-refractivity contribution in [1.29, 1.82) is 0 Å². The Kier molecular flexibility index (Phi) is 6.91. The van der Waals surface area contributed by atoms with Crippen molar-refractivity contribution in [1.82, 2.24) is 0 Å². The maximum atomic E-state index is 11.8. The summed E-state index contributed by atoms with van der Waals surface area (Å²) >= 11 is 0. The minimum Gasteiger partial charge on any atom is -0.455 e. The number of carbonyl (C=O) groups excluding carboxylic acids is 3. The van der Waals surface area contributed by atoms with Crippen molar-refractivity contribution in [2.24, 2.45) is 0 Å². The molecule has 1 aliphatic rings. The Hall–Kier alpha value is -2.41. The van der Waals surface area contributed by atoms with Crippen molar-refractivity contribution in [3.05, 3.63) is 36.5 Å². The summed E-state index contributed by atoms with van der Waals surface area (Å²) in [5, 5.41) is 0. The molecule has 7 heteroatoms. The average Bonchev–Trinajstić information content (AvgIpc) is 2.49. The van der Waals surface area contributed by atoms with Gasteiger partial charge < -0.3 is 18.9 Å². The number of hydrogen-bond donors (Lipinski definition) is 0. The van der Waals surface area contributed by atoms with Crippen molar-refractivity contribution >= 4 is 17.9 Å². The maximum Gasteiger partial charge on any atom is 0.335 e. The first-order chi connectivity index (χ1) is 11.1. The van der Waals surface area contributed by atoms with Crippen LogP contribution in [0.2, 0.25) is 0 Å². The fourth-order valence-corrected chi connectivity index (χ4v) is 1.76. The highest BCUT2D eigenvalue weighted by Crippen LogP contribution is 2.24. The van der Waals surface area contributed by atoms with Gasteiger partial charge in [0.25, 0.3) is 0 Å². The minimum absolute atomic E-state index is 0.149. The highest BCUT2D eigenvalue weighted by Gasteiger charge is 2.42. The van der Waals surface area contributed by atoms with Gasteiger partial charge in [0.15, 0.2) is 0 Å². The number of rotatable bonds is 6. The van der Waals surface area contributed by atoms with Crippen LogP contribution in [0.4, 0.5) is 0 Å². The van der Waals surface area contributed by atoms with Gasteiger partial charge in [0.2, 0.25) is 12.4 Å². The van der Waals surface area contributed by atoms with Crippen LogP contribution in [0, 0.1) is 0 Å². The minimum atomic E-state index is -1.21. The fourth-order valence-electron chi connectivity index (χ4n) is 1.76. The van der Waals surface area contributed by atoms with E-state index in [4.69, 9.17) is 18.9 Å². The molecule has 24 heavy (non-hydrogen) atoms. The molecule has 0 spiro atoms. The van der Waals surface area contributed by atoms with E-state index < -0.39 is 36.4 Å². The molecule has 1 rings (SSSR count). The lowest BCUT2D eigenvalue weighted by Crippen LogP contribution is -2.51. The van der Waals surface area contributed by atoms with Gasteiger partial charge in [0.05, 0.1) is 6.61 Å². The van der Waals surface area contributed by atoms with E-state index >= 15 is 0 Å². The summed E-state index contributed by atoms with van der Waals surface area (Å²) in [5.41, 5.74) is 0.502. The third-order valence-corrected chi connectivity index (χ3v) is 3.09. The molecule has 0 amide bonds. The Balaban J connectivity index is 2.98. The largest absolute Gasteiger partial charge is 0.455 e. The van der Waals surface area contributed by atoms with E-state index in [0.717, 1.165) is 0 Å². The molecule has 0 bridgehead atoms. The Morgan fingerprint density at radius 1 is 0.833 bits per heavy atom. The monoisotopic (exact) mass is 338 g/mol. The van der Waals surface area contributed by atoms with Crippen molar-refractivity contribution in [3.63, 3.8) is 0 Å². The topological polar surface area (TPSA) is 88.1 Å². The van der Waals surface area contributed by atoms with Gasteiger partial charge in [-0.25, -0.2) is 14.4 Å². The Labute approximate surface area is 140 Å². The van der Waals surface area contributed by atoms with E-state index in [1.165, 1.54) is 20.8 Å². The van der Waals surface area contributed by atoms with Gasteiger partial charge in [-0.15, -0.1) is 0 Å². The van der Waals surface area contributed by atoms with Crippen molar-refractivity contribution in [2.75, 3.05) is 6.61 Å². The summed E-state index contributed by atoms with van der Waals surface area (Å²) in [5.74, 6) is -2.05. The van der Waals surface area contributed by atoms with Crippen LogP contribution in [0.15, 0.2) is 36.5 Å². The lowest BCUT2D eigenvalue weighted by Gasteiger charge is -2.36. The first-order valence-corrected chi connectivity index (χ1v) is 7.34. The summed E-state index contributed by atoms with van der Waals surface area (Å²) < 4.78 is 21.0. The second-order valence-corrected chi connectivity index (χ2v) is 5.59. The summed E-state index contributed by atoms with van der Waals surface area (Å²) in [6, 6.07) is 0. The summed E-state index contributed by atoms with van der Waals surface area (Å²) in [6.07, 6.45) is -2.90. The van der Waals surface area contributed by atoms with Gasteiger partial charge >= 0.3 is 17.9 Å². The second-order valence-electron chi connectivity index (χ2n) is 5.59. The zero-order chi connectivity index (χ0) is 18.4. The highest BCUT2D eigenvalue weighted by atomic mass is 16.7. The van der Waals surface area contributed by atoms with Gasteiger partial charge in [-0.2, -0.15) is 0 Å². The summed E-state index contributed by atoms with van der Waals surface area (Å²) in [7, 11) is 0. The zero-order valence-corrected chi connectivity index (χ0v) is 14.1. The molecular weight excluding hydrogens is 316 g/mol. The first kappa shape index (κ1) is 19.6. The van der Waals surface area contributed by atoms with Gasteiger partial charge in [-0.3, -0.25) is 0 Å². The molecule has 0 aromatic carbocycles. The predicted molar refractivity (Wildman–Crippen MR) is 84.7 cm³/mol. The van der Waals surface area contributed by atoms with Gasteiger partial charge in [0.1, 0.15) is 6.10 Å². The van der Waals surface area contributed by atoms with Crippen molar-refractivity contribution in [2.45, 2.75) is 45.7 Å². The van der Waals surface area contributed by atoms with E-state index in [2.05, 4.69) is 19.7 Å². The smallest absolute Gasteiger partial charge is 0.335 e. The molecule has 0 aliphatic carbocycles. The zero-order valence-electron chi connectivity index (χ0n) is 14.1. The molecule has 0 saturated carbocycles. The number of carbonyl (C=O) groups is 3. The van der Waals surface area contributed by atoms with Crippen LogP contribution in [0.25, 0.3) is 0 Å². The molecular formula is C17H22O7. The molecule has 132 valence electrons. The average molecular weight is 338 g/mol. The fraction of sp³-hybridized carbons (Fsp3) is 0.471. The molecule has 1 saturated heterocycles.